The fraction of sp³-hybridized carbons (Fsp3) is 0.583. The lowest BCUT2D eigenvalue weighted by Crippen LogP contribution is -2.35. The monoisotopic (exact) mass is 255 g/mol. The quantitative estimate of drug-likeness (QED) is 0.827. The second-order valence-corrected chi connectivity index (χ2v) is 5.29. The highest BCUT2D eigenvalue weighted by Gasteiger charge is 2.23. The van der Waals surface area contributed by atoms with E-state index >= 15 is 0 Å². The molecule has 0 radical (unpaired) electrons. The van der Waals surface area contributed by atoms with E-state index in [0.29, 0.717) is 5.25 Å². The fourth-order valence-corrected chi connectivity index (χ4v) is 3.12. The number of carbonyl (C=O) groups is 1. The van der Waals surface area contributed by atoms with Crippen LogP contribution in [0, 0.1) is 0 Å². The number of amides is 1. The molecular weight excluding hydrogens is 238 g/mol. The van der Waals surface area contributed by atoms with Crippen LogP contribution in [-0.2, 0) is 9.53 Å². The van der Waals surface area contributed by atoms with E-state index in [1.165, 1.54) is 0 Å². The highest BCUT2D eigenvalue weighted by Crippen LogP contribution is 2.34. The summed E-state index contributed by atoms with van der Waals surface area (Å²) in [5, 5.41) is 0.366. The zero-order chi connectivity index (χ0) is 12.1. The summed E-state index contributed by atoms with van der Waals surface area (Å²) in [5.74, 6) is 2.03. The Kier molecular flexibility index (Phi) is 4.50. The van der Waals surface area contributed by atoms with Gasteiger partial charge in [0.25, 0.3) is 0 Å². The number of rotatable bonds is 3. The van der Waals surface area contributed by atoms with Crippen LogP contribution < -0.4 is 0 Å². The Bertz CT molecular complexity index is 353. The standard InChI is InChI=1S/C12H17NO3S/c1-15-9-12(14)13-5-4-11(17-8-6-13)10-3-2-7-16-10/h2-3,7,11H,4-6,8-9H2,1H3. The van der Waals surface area contributed by atoms with Gasteiger partial charge in [-0.05, 0) is 18.6 Å². The van der Waals surface area contributed by atoms with Crippen molar-refractivity contribution in [3.05, 3.63) is 24.2 Å². The molecule has 1 fully saturated rings. The van der Waals surface area contributed by atoms with E-state index < -0.39 is 0 Å². The van der Waals surface area contributed by atoms with Crippen LogP contribution in [0.15, 0.2) is 22.8 Å². The first-order valence-corrected chi connectivity index (χ1v) is 6.78. The minimum atomic E-state index is 0.0770. The third kappa shape index (κ3) is 3.26. The zero-order valence-electron chi connectivity index (χ0n) is 9.93. The molecule has 2 heterocycles. The van der Waals surface area contributed by atoms with Crippen LogP contribution in [0.3, 0.4) is 0 Å². The molecule has 1 saturated heterocycles. The molecule has 0 N–H and O–H groups in total. The van der Waals surface area contributed by atoms with Crippen LogP contribution in [0.1, 0.15) is 17.4 Å². The second-order valence-electron chi connectivity index (χ2n) is 3.98. The average Bonchev–Trinajstić information content (AvgIpc) is 2.74. The molecule has 1 aliphatic rings. The molecule has 94 valence electrons. The minimum Gasteiger partial charge on any atom is -0.468 e. The van der Waals surface area contributed by atoms with Gasteiger partial charge in [-0.15, -0.1) is 11.8 Å². The van der Waals surface area contributed by atoms with Gasteiger partial charge in [0.2, 0.25) is 5.91 Å². The van der Waals surface area contributed by atoms with Crippen LogP contribution in [-0.4, -0.2) is 43.4 Å². The highest BCUT2D eigenvalue weighted by molar-refractivity contribution is 7.99. The molecule has 17 heavy (non-hydrogen) atoms. The Morgan fingerprint density at radius 2 is 2.53 bits per heavy atom. The molecular formula is C12H17NO3S. The van der Waals surface area contributed by atoms with E-state index in [0.717, 1.165) is 31.0 Å². The smallest absolute Gasteiger partial charge is 0.248 e. The number of carbonyl (C=O) groups excluding carboxylic acids is 1. The lowest BCUT2D eigenvalue weighted by molar-refractivity contribution is -0.134. The summed E-state index contributed by atoms with van der Waals surface area (Å²) < 4.78 is 10.3. The van der Waals surface area contributed by atoms with Gasteiger partial charge >= 0.3 is 0 Å². The van der Waals surface area contributed by atoms with Crippen molar-refractivity contribution in [3.8, 4) is 0 Å². The molecule has 5 heteroatoms. The van der Waals surface area contributed by atoms with Crippen molar-refractivity contribution < 1.29 is 13.9 Å². The van der Waals surface area contributed by atoms with E-state index in [1.807, 2.05) is 28.8 Å². The van der Waals surface area contributed by atoms with Gasteiger partial charge in [-0.3, -0.25) is 4.79 Å². The number of methoxy groups -OCH3 is 1. The topological polar surface area (TPSA) is 42.7 Å². The Labute approximate surface area is 105 Å². The van der Waals surface area contributed by atoms with Crippen LogP contribution in [0.2, 0.25) is 0 Å². The molecule has 0 bridgehead atoms. The first-order valence-electron chi connectivity index (χ1n) is 5.73. The lowest BCUT2D eigenvalue weighted by Gasteiger charge is -2.19. The molecule has 2 rings (SSSR count). The van der Waals surface area contributed by atoms with Gasteiger partial charge in [-0.25, -0.2) is 0 Å². The Morgan fingerprint density at radius 3 is 3.24 bits per heavy atom. The highest BCUT2D eigenvalue weighted by atomic mass is 32.2. The van der Waals surface area contributed by atoms with Crippen molar-refractivity contribution in [2.24, 2.45) is 0 Å². The van der Waals surface area contributed by atoms with Crippen LogP contribution in [0.4, 0.5) is 0 Å². The third-order valence-electron chi connectivity index (χ3n) is 2.82. The average molecular weight is 255 g/mol. The van der Waals surface area contributed by atoms with Crippen molar-refractivity contribution in [2.75, 3.05) is 32.6 Å². The molecule has 1 aromatic heterocycles. The van der Waals surface area contributed by atoms with Crippen molar-refractivity contribution in [2.45, 2.75) is 11.7 Å². The van der Waals surface area contributed by atoms with Gasteiger partial charge in [0.1, 0.15) is 12.4 Å². The van der Waals surface area contributed by atoms with E-state index in [-0.39, 0.29) is 12.5 Å². The molecule has 1 atom stereocenters. The maximum absolute atomic E-state index is 11.7. The summed E-state index contributed by atoms with van der Waals surface area (Å²) in [7, 11) is 1.55. The molecule has 1 aliphatic heterocycles. The van der Waals surface area contributed by atoms with Gasteiger partial charge < -0.3 is 14.1 Å². The van der Waals surface area contributed by atoms with E-state index in [9.17, 15) is 4.79 Å². The van der Waals surface area contributed by atoms with Crippen molar-refractivity contribution in [1.29, 1.82) is 0 Å². The Morgan fingerprint density at radius 1 is 1.65 bits per heavy atom. The number of thioether (sulfide) groups is 1. The first kappa shape index (κ1) is 12.5. The minimum absolute atomic E-state index is 0.0770. The van der Waals surface area contributed by atoms with Crippen molar-refractivity contribution >= 4 is 17.7 Å². The van der Waals surface area contributed by atoms with Gasteiger partial charge in [0.05, 0.1) is 11.5 Å². The molecule has 1 unspecified atom stereocenters. The number of hydrogen-bond acceptors (Lipinski definition) is 4. The Hall–Kier alpha value is -0.940. The van der Waals surface area contributed by atoms with E-state index in [1.54, 1.807) is 13.4 Å². The number of hydrogen-bond donors (Lipinski definition) is 0. The molecule has 4 nitrogen and oxygen atoms in total. The number of furan rings is 1. The molecule has 0 aliphatic carbocycles. The normalized spacial score (nSPS) is 21.2. The van der Waals surface area contributed by atoms with E-state index in [4.69, 9.17) is 9.15 Å². The van der Waals surface area contributed by atoms with Gasteiger partial charge in [0.15, 0.2) is 0 Å². The predicted molar refractivity (Wildman–Crippen MR) is 67.0 cm³/mol. The lowest BCUT2D eigenvalue weighted by atomic mass is 10.2. The van der Waals surface area contributed by atoms with Crippen LogP contribution >= 0.6 is 11.8 Å². The molecule has 0 spiro atoms. The fourth-order valence-electron chi connectivity index (χ4n) is 1.94. The molecule has 1 aromatic rings. The summed E-state index contributed by atoms with van der Waals surface area (Å²) in [5.41, 5.74) is 0. The maximum atomic E-state index is 11.7. The molecule has 0 aromatic carbocycles. The van der Waals surface area contributed by atoms with Crippen LogP contribution in [0.5, 0.6) is 0 Å². The summed E-state index contributed by atoms with van der Waals surface area (Å²) in [6.45, 7) is 1.75. The largest absolute Gasteiger partial charge is 0.468 e. The van der Waals surface area contributed by atoms with E-state index in [2.05, 4.69) is 0 Å². The summed E-state index contributed by atoms with van der Waals surface area (Å²) >= 11 is 1.85. The van der Waals surface area contributed by atoms with Gasteiger partial charge in [0, 0.05) is 26.0 Å². The summed E-state index contributed by atoms with van der Waals surface area (Å²) in [4.78, 5) is 13.6. The van der Waals surface area contributed by atoms with Crippen molar-refractivity contribution in [1.82, 2.24) is 4.90 Å². The summed E-state index contributed by atoms with van der Waals surface area (Å²) in [6.07, 6.45) is 2.64. The molecule has 0 saturated carbocycles. The van der Waals surface area contributed by atoms with Gasteiger partial charge in [-0.2, -0.15) is 0 Å². The Balaban J connectivity index is 1.91. The maximum Gasteiger partial charge on any atom is 0.248 e. The zero-order valence-corrected chi connectivity index (χ0v) is 10.7. The predicted octanol–water partition coefficient (Wildman–Crippen LogP) is 1.93. The molecule has 1 amide bonds. The number of ether oxygens (including phenoxy) is 1. The third-order valence-corrected chi connectivity index (χ3v) is 4.11. The summed E-state index contributed by atoms with van der Waals surface area (Å²) in [6, 6.07) is 3.92. The SMILES string of the molecule is COCC(=O)N1CCSC(c2ccco2)CC1. The van der Waals surface area contributed by atoms with Crippen molar-refractivity contribution in [3.63, 3.8) is 0 Å². The second kappa shape index (κ2) is 6.12. The van der Waals surface area contributed by atoms with Crippen LogP contribution in [0.25, 0.3) is 0 Å². The number of nitrogens with zero attached hydrogens (tertiary/aromatic N) is 1. The van der Waals surface area contributed by atoms with Gasteiger partial charge in [-0.1, -0.05) is 0 Å². The first-order chi connectivity index (χ1) is 8.31.